The Kier molecular flexibility index (Phi) is 5.85. The molecule has 1 amide bonds. The van der Waals surface area contributed by atoms with Gasteiger partial charge in [0.25, 0.3) is 0 Å². The lowest BCUT2D eigenvalue weighted by atomic mass is 9.90. The van der Waals surface area contributed by atoms with Crippen molar-refractivity contribution in [1.29, 1.82) is 0 Å². The summed E-state index contributed by atoms with van der Waals surface area (Å²) in [6.45, 7) is 8.41. The topological polar surface area (TPSA) is 35.6 Å². The summed E-state index contributed by atoms with van der Waals surface area (Å²) in [5.41, 5.74) is 0. The Labute approximate surface area is 123 Å². The number of amides is 1. The van der Waals surface area contributed by atoms with Gasteiger partial charge < -0.3 is 10.2 Å². The Morgan fingerprint density at radius 3 is 2.50 bits per heavy atom. The highest BCUT2D eigenvalue weighted by Gasteiger charge is 2.31. The van der Waals surface area contributed by atoms with Crippen LogP contribution in [0.15, 0.2) is 0 Å². The highest BCUT2D eigenvalue weighted by atomic mass is 16.2. The smallest absolute Gasteiger partial charge is 0.236 e. The van der Waals surface area contributed by atoms with Gasteiger partial charge in [0.1, 0.15) is 0 Å². The lowest BCUT2D eigenvalue weighted by molar-refractivity contribution is -0.132. The number of piperidine rings is 1. The fourth-order valence-corrected chi connectivity index (χ4v) is 3.12. The van der Waals surface area contributed by atoms with E-state index >= 15 is 0 Å². The first-order chi connectivity index (χ1) is 9.61. The van der Waals surface area contributed by atoms with Crippen LogP contribution in [0.1, 0.15) is 46.0 Å². The van der Waals surface area contributed by atoms with Gasteiger partial charge in [-0.1, -0.05) is 6.92 Å². The first kappa shape index (κ1) is 15.8. The van der Waals surface area contributed by atoms with Crippen molar-refractivity contribution in [2.45, 2.75) is 58.0 Å². The summed E-state index contributed by atoms with van der Waals surface area (Å²) in [4.78, 5) is 16.4. The summed E-state index contributed by atoms with van der Waals surface area (Å²) in [5.74, 6) is 1.08. The van der Waals surface area contributed by atoms with Crippen LogP contribution in [-0.4, -0.2) is 61.0 Å². The summed E-state index contributed by atoms with van der Waals surface area (Å²) in [7, 11) is 1.96. The van der Waals surface area contributed by atoms with E-state index in [1.807, 2.05) is 11.9 Å². The molecule has 1 atom stereocenters. The molecule has 1 aliphatic heterocycles. The van der Waals surface area contributed by atoms with E-state index in [4.69, 9.17) is 0 Å². The zero-order valence-electron chi connectivity index (χ0n) is 13.4. The normalized spacial score (nSPS) is 22.8. The van der Waals surface area contributed by atoms with Gasteiger partial charge in [0.05, 0.1) is 6.54 Å². The van der Waals surface area contributed by atoms with Gasteiger partial charge in [0, 0.05) is 19.1 Å². The molecule has 1 aliphatic carbocycles. The molecule has 1 N–H and O–H groups in total. The molecule has 0 spiro atoms. The zero-order chi connectivity index (χ0) is 14.5. The second-order valence-corrected chi connectivity index (χ2v) is 6.59. The Morgan fingerprint density at radius 1 is 1.30 bits per heavy atom. The third kappa shape index (κ3) is 4.45. The molecule has 1 heterocycles. The van der Waals surface area contributed by atoms with Crippen molar-refractivity contribution in [3.8, 4) is 0 Å². The molecule has 4 nitrogen and oxygen atoms in total. The van der Waals surface area contributed by atoms with E-state index in [-0.39, 0.29) is 0 Å². The average molecular weight is 281 g/mol. The molecule has 4 heteroatoms. The second kappa shape index (κ2) is 7.41. The largest absolute Gasteiger partial charge is 0.342 e. The quantitative estimate of drug-likeness (QED) is 0.771. The predicted molar refractivity (Wildman–Crippen MR) is 82.7 cm³/mol. The number of likely N-dealkylation sites (tertiary alicyclic amines) is 1. The second-order valence-electron chi connectivity index (χ2n) is 6.59. The molecule has 0 radical (unpaired) electrons. The molecule has 1 saturated heterocycles. The van der Waals surface area contributed by atoms with E-state index in [1.165, 1.54) is 32.1 Å². The molecular weight excluding hydrogens is 250 g/mol. The fraction of sp³-hybridized carbons (Fsp3) is 0.938. The minimum atomic E-state index is 0.308. The maximum Gasteiger partial charge on any atom is 0.236 e. The molecule has 2 rings (SSSR count). The Hall–Kier alpha value is -0.610. The van der Waals surface area contributed by atoms with Crippen LogP contribution in [0.4, 0.5) is 0 Å². The van der Waals surface area contributed by atoms with Crippen LogP contribution in [0, 0.1) is 5.92 Å². The van der Waals surface area contributed by atoms with Gasteiger partial charge in [-0.3, -0.25) is 9.69 Å². The number of likely N-dealkylation sites (N-methyl/N-ethyl adjacent to an activating group) is 1. The molecule has 116 valence electrons. The Balaban J connectivity index is 1.67. The van der Waals surface area contributed by atoms with E-state index in [9.17, 15) is 4.79 Å². The van der Waals surface area contributed by atoms with Crippen molar-refractivity contribution in [1.82, 2.24) is 15.1 Å². The molecule has 0 aromatic rings. The van der Waals surface area contributed by atoms with Gasteiger partial charge in [0.15, 0.2) is 0 Å². The summed E-state index contributed by atoms with van der Waals surface area (Å²) >= 11 is 0. The van der Waals surface area contributed by atoms with Crippen molar-refractivity contribution < 1.29 is 4.79 Å². The SMILES string of the molecule is CCCNC(C)C1CCN(CC(=O)N(C)C2CC2)CC1. The van der Waals surface area contributed by atoms with Crippen LogP contribution in [0.3, 0.4) is 0 Å². The summed E-state index contributed by atoms with van der Waals surface area (Å²) in [6, 6.07) is 1.15. The third-order valence-electron chi connectivity index (χ3n) is 4.90. The molecule has 2 fully saturated rings. The Morgan fingerprint density at radius 2 is 1.95 bits per heavy atom. The van der Waals surface area contributed by atoms with Gasteiger partial charge in [-0.05, 0) is 64.6 Å². The maximum absolute atomic E-state index is 12.1. The van der Waals surface area contributed by atoms with Gasteiger partial charge in [-0.15, -0.1) is 0 Å². The zero-order valence-corrected chi connectivity index (χ0v) is 13.4. The molecule has 20 heavy (non-hydrogen) atoms. The maximum atomic E-state index is 12.1. The average Bonchev–Trinajstić information content (AvgIpc) is 3.29. The number of nitrogens with one attached hydrogen (secondary N) is 1. The van der Waals surface area contributed by atoms with Crippen LogP contribution in [-0.2, 0) is 4.79 Å². The van der Waals surface area contributed by atoms with Crippen molar-refractivity contribution in [2.75, 3.05) is 33.2 Å². The van der Waals surface area contributed by atoms with Crippen LogP contribution < -0.4 is 5.32 Å². The number of rotatable bonds is 7. The number of carbonyl (C=O) groups is 1. The highest BCUT2D eigenvalue weighted by Crippen LogP contribution is 2.26. The lowest BCUT2D eigenvalue weighted by Crippen LogP contribution is -2.46. The van der Waals surface area contributed by atoms with Gasteiger partial charge in [-0.25, -0.2) is 0 Å². The number of nitrogens with zero attached hydrogens (tertiary/aromatic N) is 2. The van der Waals surface area contributed by atoms with Crippen molar-refractivity contribution in [3.05, 3.63) is 0 Å². The van der Waals surface area contributed by atoms with Crippen molar-refractivity contribution in [3.63, 3.8) is 0 Å². The standard InChI is InChI=1S/C16H31N3O/c1-4-9-17-13(2)14-7-10-19(11-8-14)12-16(20)18(3)15-5-6-15/h13-15,17H,4-12H2,1-3H3. The molecule has 1 unspecified atom stereocenters. The molecule has 2 aliphatic rings. The summed E-state index contributed by atoms with van der Waals surface area (Å²) in [5, 5.41) is 3.61. The number of hydrogen-bond acceptors (Lipinski definition) is 3. The molecule has 0 bridgehead atoms. The number of carbonyl (C=O) groups excluding carboxylic acids is 1. The minimum Gasteiger partial charge on any atom is -0.342 e. The van der Waals surface area contributed by atoms with E-state index in [0.29, 0.717) is 24.5 Å². The third-order valence-corrected chi connectivity index (χ3v) is 4.90. The molecular formula is C16H31N3O. The predicted octanol–water partition coefficient (Wildman–Crippen LogP) is 1.71. The van der Waals surface area contributed by atoms with Crippen LogP contribution in [0.25, 0.3) is 0 Å². The van der Waals surface area contributed by atoms with Crippen molar-refractivity contribution >= 4 is 5.91 Å². The van der Waals surface area contributed by atoms with Crippen LogP contribution in [0.2, 0.25) is 0 Å². The summed E-state index contributed by atoms with van der Waals surface area (Å²) in [6.07, 6.45) is 6.04. The van der Waals surface area contributed by atoms with E-state index < -0.39 is 0 Å². The minimum absolute atomic E-state index is 0.308. The van der Waals surface area contributed by atoms with Crippen molar-refractivity contribution in [2.24, 2.45) is 5.92 Å². The summed E-state index contributed by atoms with van der Waals surface area (Å²) < 4.78 is 0. The highest BCUT2D eigenvalue weighted by molar-refractivity contribution is 5.78. The van der Waals surface area contributed by atoms with Gasteiger partial charge in [-0.2, -0.15) is 0 Å². The van der Waals surface area contributed by atoms with E-state index in [2.05, 4.69) is 24.1 Å². The first-order valence-corrected chi connectivity index (χ1v) is 8.33. The fourth-order valence-electron chi connectivity index (χ4n) is 3.12. The van der Waals surface area contributed by atoms with E-state index in [0.717, 1.165) is 25.6 Å². The van der Waals surface area contributed by atoms with Gasteiger partial charge in [0.2, 0.25) is 5.91 Å². The monoisotopic (exact) mass is 281 g/mol. The van der Waals surface area contributed by atoms with Crippen LogP contribution >= 0.6 is 0 Å². The molecule has 0 aromatic carbocycles. The number of hydrogen-bond donors (Lipinski definition) is 1. The molecule has 0 aromatic heterocycles. The Bertz CT molecular complexity index is 309. The van der Waals surface area contributed by atoms with Gasteiger partial charge >= 0.3 is 0 Å². The molecule has 1 saturated carbocycles. The first-order valence-electron chi connectivity index (χ1n) is 8.33. The van der Waals surface area contributed by atoms with Crippen LogP contribution in [0.5, 0.6) is 0 Å². The lowest BCUT2D eigenvalue weighted by Gasteiger charge is -2.35. The van der Waals surface area contributed by atoms with E-state index in [1.54, 1.807) is 0 Å².